The Morgan fingerprint density at radius 2 is 1.19 bits per heavy atom. The SMILES string of the molecule is O=C(OCCBr)C(F)(F)S(=O)(=O)[O-].c1ccc([S+](c2ccccc2)c2ccccc2)cc1. The smallest absolute Gasteiger partial charge is 0.428 e. The first kappa shape index (κ1) is 26.0. The summed E-state index contributed by atoms with van der Waals surface area (Å²) >= 11 is 2.75. The molecule has 0 amide bonds. The first-order chi connectivity index (χ1) is 15.2. The minimum absolute atomic E-state index is 0.0146. The number of alkyl halides is 3. The van der Waals surface area contributed by atoms with E-state index in [1.54, 1.807) is 0 Å². The molecule has 0 N–H and O–H groups in total. The van der Waals surface area contributed by atoms with Gasteiger partial charge in [0.25, 0.3) is 0 Å². The second-order valence-corrected chi connectivity index (χ2v) is 10.3. The summed E-state index contributed by atoms with van der Waals surface area (Å²) in [7, 11) is -6.02. The van der Waals surface area contributed by atoms with E-state index in [1.165, 1.54) is 14.7 Å². The minimum atomic E-state index is -6.01. The molecule has 0 aliphatic rings. The fourth-order valence-corrected chi connectivity index (χ4v) is 4.92. The van der Waals surface area contributed by atoms with E-state index in [4.69, 9.17) is 0 Å². The van der Waals surface area contributed by atoms with Gasteiger partial charge in [0.2, 0.25) is 0 Å². The Balaban J connectivity index is 0.000000247. The maximum absolute atomic E-state index is 12.3. The monoisotopic (exact) mass is 544 g/mol. The van der Waals surface area contributed by atoms with E-state index in [1.807, 2.05) is 0 Å². The van der Waals surface area contributed by atoms with Crippen molar-refractivity contribution in [2.24, 2.45) is 0 Å². The van der Waals surface area contributed by atoms with Crippen LogP contribution in [0.5, 0.6) is 0 Å². The number of halogens is 3. The summed E-state index contributed by atoms with van der Waals surface area (Å²) < 4.78 is 57.8. The third-order valence-electron chi connectivity index (χ3n) is 3.80. The normalized spacial score (nSPS) is 11.4. The van der Waals surface area contributed by atoms with Crippen LogP contribution in [-0.2, 0) is 30.5 Å². The number of carbonyl (C=O) groups is 1. The third kappa shape index (κ3) is 7.13. The van der Waals surface area contributed by atoms with Crippen LogP contribution in [0.1, 0.15) is 0 Å². The van der Waals surface area contributed by atoms with Gasteiger partial charge in [0.1, 0.15) is 6.61 Å². The molecule has 0 heterocycles. The molecule has 0 aromatic heterocycles. The number of carbonyl (C=O) groups excluding carboxylic acids is 1. The molecule has 0 radical (unpaired) electrons. The Bertz CT molecular complexity index is 989. The van der Waals surface area contributed by atoms with Gasteiger partial charge in [-0.15, -0.1) is 0 Å². The molecule has 0 atom stereocenters. The zero-order chi connectivity index (χ0) is 23.6. The summed E-state index contributed by atoms with van der Waals surface area (Å²) in [6.45, 7) is -0.441. The van der Waals surface area contributed by atoms with Gasteiger partial charge in [-0.2, -0.15) is 8.78 Å². The van der Waals surface area contributed by atoms with Crippen LogP contribution < -0.4 is 0 Å². The van der Waals surface area contributed by atoms with Crippen LogP contribution in [0.2, 0.25) is 0 Å². The second kappa shape index (κ2) is 12.1. The first-order valence-corrected chi connectivity index (χ1v) is 12.9. The van der Waals surface area contributed by atoms with Crippen LogP contribution in [0.3, 0.4) is 0 Å². The van der Waals surface area contributed by atoms with E-state index in [0.29, 0.717) is 0 Å². The van der Waals surface area contributed by atoms with Crippen LogP contribution >= 0.6 is 15.9 Å². The highest BCUT2D eigenvalue weighted by atomic mass is 79.9. The van der Waals surface area contributed by atoms with Crippen molar-refractivity contribution in [2.75, 3.05) is 11.9 Å². The predicted octanol–water partition coefficient (Wildman–Crippen LogP) is 4.84. The van der Waals surface area contributed by atoms with Gasteiger partial charge in [-0.3, -0.25) is 0 Å². The quantitative estimate of drug-likeness (QED) is 0.184. The average Bonchev–Trinajstić information content (AvgIpc) is 2.79. The summed E-state index contributed by atoms with van der Waals surface area (Å²) in [5.74, 6) is -2.36. The van der Waals surface area contributed by atoms with Crippen molar-refractivity contribution in [1.29, 1.82) is 0 Å². The maximum Gasteiger partial charge on any atom is 0.428 e. The van der Waals surface area contributed by atoms with Gasteiger partial charge in [-0.05, 0) is 36.4 Å². The predicted molar refractivity (Wildman–Crippen MR) is 121 cm³/mol. The van der Waals surface area contributed by atoms with Crippen molar-refractivity contribution in [3.63, 3.8) is 0 Å². The Hall–Kier alpha value is -2.27. The zero-order valence-electron chi connectivity index (χ0n) is 16.6. The summed E-state index contributed by atoms with van der Waals surface area (Å²) in [6.07, 6.45) is 0. The van der Waals surface area contributed by atoms with Gasteiger partial charge in [0.05, 0.1) is 10.9 Å². The number of ether oxygens (including phenoxy) is 1. The molecule has 32 heavy (non-hydrogen) atoms. The van der Waals surface area contributed by atoms with Crippen LogP contribution in [0.25, 0.3) is 0 Å². The number of rotatable bonds is 7. The molecule has 0 fully saturated rings. The Morgan fingerprint density at radius 1 is 0.844 bits per heavy atom. The zero-order valence-corrected chi connectivity index (χ0v) is 19.8. The lowest BCUT2D eigenvalue weighted by Crippen LogP contribution is -2.39. The van der Waals surface area contributed by atoms with Crippen molar-refractivity contribution in [3.8, 4) is 0 Å². The summed E-state index contributed by atoms with van der Waals surface area (Å²) in [4.78, 5) is 14.4. The van der Waals surface area contributed by atoms with Crippen LogP contribution in [0.4, 0.5) is 8.78 Å². The molecule has 3 aromatic carbocycles. The molecule has 3 aromatic rings. The van der Waals surface area contributed by atoms with Crippen LogP contribution in [0.15, 0.2) is 106 Å². The molecule has 0 saturated heterocycles. The van der Waals surface area contributed by atoms with Crippen LogP contribution in [-0.4, -0.2) is 36.1 Å². The van der Waals surface area contributed by atoms with Gasteiger partial charge >= 0.3 is 11.2 Å². The van der Waals surface area contributed by atoms with Gasteiger partial charge in [0, 0.05) is 5.33 Å². The lowest BCUT2D eigenvalue weighted by Gasteiger charge is -2.17. The molecular formula is C22H19BrF2O5S2. The highest BCUT2D eigenvalue weighted by Gasteiger charge is 2.48. The highest BCUT2D eigenvalue weighted by Crippen LogP contribution is 2.30. The molecular weight excluding hydrogens is 526 g/mol. The van der Waals surface area contributed by atoms with Crippen molar-refractivity contribution in [3.05, 3.63) is 91.0 Å². The van der Waals surface area contributed by atoms with E-state index < -0.39 is 27.9 Å². The molecule has 5 nitrogen and oxygen atoms in total. The van der Waals surface area contributed by atoms with Gasteiger partial charge in [-0.25, -0.2) is 13.2 Å². The molecule has 3 rings (SSSR count). The highest BCUT2D eigenvalue weighted by molar-refractivity contribution is 9.09. The maximum atomic E-state index is 12.3. The molecule has 0 unspecified atom stereocenters. The molecule has 0 saturated carbocycles. The largest absolute Gasteiger partial charge is 0.743 e. The molecule has 170 valence electrons. The van der Waals surface area contributed by atoms with E-state index >= 15 is 0 Å². The van der Waals surface area contributed by atoms with Gasteiger partial charge in [0.15, 0.2) is 24.8 Å². The Labute approximate surface area is 196 Å². The number of hydrogen-bond donors (Lipinski definition) is 0. The Kier molecular flexibility index (Phi) is 9.83. The van der Waals surface area contributed by atoms with Gasteiger partial charge < -0.3 is 9.29 Å². The number of hydrogen-bond acceptors (Lipinski definition) is 5. The molecule has 0 bridgehead atoms. The topological polar surface area (TPSA) is 83.5 Å². The lowest BCUT2D eigenvalue weighted by atomic mass is 10.4. The molecule has 10 heteroatoms. The van der Waals surface area contributed by atoms with E-state index in [9.17, 15) is 26.5 Å². The van der Waals surface area contributed by atoms with Crippen molar-refractivity contribution in [2.45, 2.75) is 19.9 Å². The standard InChI is InChI=1S/C18H15S.C4H5BrF2O5S/c1-4-10-16(11-5-1)19(17-12-6-2-7-13-17)18-14-8-3-9-15-18;5-1-2-12-3(8)4(6,7)13(9,10)11/h1-15H;1-2H2,(H,9,10,11)/q+1;/p-1. The lowest BCUT2D eigenvalue weighted by molar-refractivity contribution is -0.160. The Morgan fingerprint density at radius 3 is 1.47 bits per heavy atom. The van der Waals surface area contributed by atoms with Crippen LogP contribution in [0, 0.1) is 0 Å². The average molecular weight is 545 g/mol. The van der Waals surface area contributed by atoms with Crippen molar-refractivity contribution >= 4 is 42.9 Å². The summed E-state index contributed by atoms with van der Waals surface area (Å²) in [6, 6.07) is 32.2. The minimum Gasteiger partial charge on any atom is -0.743 e. The number of benzene rings is 3. The molecule has 0 aliphatic heterocycles. The first-order valence-electron chi connectivity index (χ1n) is 9.14. The van der Waals surface area contributed by atoms with E-state index in [2.05, 4.69) is 112 Å². The fourth-order valence-electron chi connectivity index (χ4n) is 2.40. The molecule has 0 aliphatic carbocycles. The summed E-state index contributed by atoms with van der Waals surface area (Å²) in [5, 5.41) is -4.96. The van der Waals surface area contributed by atoms with Gasteiger partial charge in [-0.1, -0.05) is 70.5 Å². The van der Waals surface area contributed by atoms with E-state index in [-0.39, 0.29) is 16.2 Å². The third-order valence-corrected chi connectivity index (χ3v) is 7.15. The van der Waals surface area contributed by atoms with Crippen molar-refractivity contribution in [1.82, 2.24) is 0 Å². The van der Waals surface area contributed by atoms with Crippen molar-refractivity contribution < 1.29 is 31.3 Å². The number of esters is 1. The van der Waals surface area contributed by atoms with E-state index in [0.717, 1.165) is 0 Å². The molecule has 0 spiro atoms. The second-order valence-electron chi connectivity index (χ2n) is 6.04. The fraction of sp³-hybridized carbons (Fsp3) is 0.136. The summed E-state index contributed by atoms with van der Waals surface area (Å²) in [5.41, 5.74) is 0.